The fourth-order valence-electron chi connectivity index (χ4n) is 3.33. The van der Waals surface area contributed by atoms with Crippen molar-refractivity contribution in [1.82, 2.24) is 4.31 Å². The molecule has 1 amide bonds. The second-order valence-electron chi connectivity index (χ2n) is 7.08. The van der Waals surface area contributed by atoms with Gasteiger partial charge in [0.1, 0.15) is 5.75 Å². The number of carbonyl (C=O) groups excluding carboxylic acids is 3. The maximum atomic E-state index is 13.2. The summed E-state index contributed by atoms with van der Waals surface area (Å²) in [6.07, 6.45) is 0. The van der Waals surface area contributed by atoms with Crippen LogP contribution in [0.1, 0.15) is 31.1 Å². The van der Waals surface area contributed by atoms with E-state index < -0.39 is 27.9 Å². The highest BCUT2D eigenvalue weighted by Gasteiger charge is 2.28. The topological polar surface area (TPSA) is 138 Å². The van der Waals surface area contributed by atoms with Crippen LogP contribution in [0, 0.1) is 0 Å². The number of hydrogen-bond acceptors (Lipinski definition) is 9. The highest BCUT2D eigenvalue weighted by atomic mass is 32.2. The van der Waals surface area contributed by atoms with Crippen molar-refractivity contribution >= 4 is 33.6 Å². The number of nitrogens with one attached hydrogen (secondary N) is 1. The van der Waals surface area contributed by atoms with Crippen LogP contribution in [0.25, 0.3) is 0 Å². The molecule has 0 atom stereocenters. The summed E-state index contributed by atoms with van der Waals surface area (Å²) >= 11 is 0. The van der Waals surface area contributed by atoms with Crippen molar-refractivity contribution in [3.63, 3.8) is 0 Å². The van der Waals surface area contributed by atoms with Gasteiger partial charge in [-0.3, -0.25) is 4.79 Å². The minimum Gasteiger partial charge on any atom is -0.496 e. The standard InChI is InChI=1S/C22H24N2O9S/c1-30-19-7-5-15(34(28,29)24-8-10-33-11-9-24)13-17(19)20(25)23-18-12-14(21(26)31-2)4-6-16(18)22(27)32-3/h4-7,12-13H,8-11H2,1-3H3,(H,23,25). The number of hydrogen-bond donors (Lipinski definition) is 1. The van der Waals surface area contributed by atoms with Gasteiger partial charge in [0.25, 0.3) is 5.91 Å². The molecule has 0 spiro atoms. The molecule has 0 bridgehead atoms. The number of esters is 2. The first-order valence-electron chi connectivity index (χ1n) is 10.1. The third kappa shape index (κ3) is 5.19. The van der Waals surface area contributed by atoms with E-state index >= 15 is 0 Å². The predicted octanol–water partition coefficient (Wildman–Crippen LogP) is 1.54. The molecule has 1 saturated heterocycles. The Bertz CT molecular complexity index is 1200. The number of nitrogens with zero attached hydrogens (tertiary/aromatic N) is 1. The molecule has 0 unspecified atom stereocenters. The Kier molecular flexibility index (Phi) is 7.87. The average molecular weight is 493 g/mol. The van der Waals surface area contributed by atoms with E-state index in [0.29, 0.717) is 0 Å². The number of rotatable bonds is 7. The van der Waals surface area contributed by atoms with E-state index in [2.05, 4.69) is 10.1 Å². The van der Waals surface area contributed by atoms with E-state index in [1.54, 1.807) is 0 Å². The molecule has 0 aromatic heterocycles. The average Bonchev–Trinajstić information content (AvgIpc) is 2.87. The van der Waals surface area contributed by atoms with Gasteiger partial charge in [0.05, 0.1) is 61.8 Å². The lowest BCUT2D eigenvalue weighted by molar-refractivity contribution is 0.0587. The van der Waals surface area contributed by atoms with Crippen molar-refractivity contribution in [3.8, 4) is 5.75 Å². The summed E-state index contributed by atoms with van der Waals surface area (Å²) in [7, 11) is -0.181. The van der Waals surface area contributed by atoms with Gasteiger partial charge in [0, 0.05) is 13.1 Å². The van der Waals surface area contributed by atoms with E-state index in [1.807, 2.05) is 0 Å². The summed E-state index contributed by atoms with van der Waals surface area (Å²) in [5, 5.41) is 2.54. The molecule has 11 nitrogen and oxygen atoms in total. The SMILES string of the molecule is COC(=O)c1ccc(C(=O)OC)c(NC(=O)c2cc(S(=O)(=O)N3CCOCC3)ccc2OC)c1. The molecule has 1 aliphatic heterocycles. The highest BCUT2D eigenvalue weighted by molar-refractivity contribution is 7.89. The fourth-order valence-corrected chi connectivity index (χ4v) is 4.77. The summed E-state index contributed by atoms with van der Waals surface area (Å²) in [4.78, 5) is 37.2. The zero-order valence-corrected chi connectivity index (χ0v) is 19.6. The number of sulfonamides is 1. The van der Waals surface area contributed by atoms with Gasteiger partial charge in [-0.15, -0.1) is 0 Å². The summed E-state index contributed by atoms with van der Waals surface area (Å²) in [5.74, 6) is -2.07. The van der Waals surface area contributed by atoms with Gasteiger partial charge in [0.15, 0.2) is 0 Å². The van der Waals surface area contributed by atoms with Gasteiger partial charge in [-0.1, -0.05) is 0 Å². The molecule has 12 heteroatoms. The maximum absolute atomic E-state index is 13.2. The lowest BCUT2D eigenvalue weighted by Gasteiger charge is -2.26. The molecular weight excluding hydrogens is 468 g/mol. The first-order chi connectivity index (χ1) is 16.2. The van der Waals surface area contributed by atoms with Crippen molar-refractivity contribution in [2.75, 3.05) is 52.9 Å². The lowest BCUT2D eigenvalue weighted by atomic mass is 10.1. The van der Waals surface area contributed by atoms with E-state index in [9.17, 15) is 22.8 Å². The minimum atomic E-state index is -3.88. The van der Waals surface area contributed by atoms with Crippen molar-refractivity contribution in [2.45, 2.75) is 4.90 Å². The fraction of sp³-hybridized carbons (Fsp3) is 0.318. The molecule has 0 aliphatic carbocycles. The second kappa shape index (κ2) is 10.6. The van der Waals surface area contributed by atoms with Crippen LogP contribution >= 0.6 is 0 Å². The molecule has 1 fully saturated rings. The van der Waals surface area contributed by atoms with Crippen molar-refractivity contribution < 1.29 is 41.7 Å². The summed E-state index contributed by atoms with van der Waals surface area (Å²) in [5.41, 5.74) is -0.0417. The van der Waals surface area contributed by atoms with Gasteiger partial charge in [-0.05, 0) is 36.4 Å². The maximum Gasteiger partial charge on any atom is 0.339 e. The Hall–Kier alpha value is -3.48. The largest absolute Gasteiger partial charge is 0.496 e. The molecule has 1 aliphatic rings. The predicted molar refractivity (Wildman–Crippen MR) is 120 cm³/mol. The molecule has 1 N–H and O–H groups in total. The Morgan fingerprint density at radius 3 is 2.21 bits per heavy atom. The van der Waals surface area contributed by atoms with E-state index in [-0.39, 0.29) is 59.3 Å². The number of amides is 1. The Morgan fingerprint density at radius 1 is 0.912 bits per heavy atom. The number of morpholine rings is 1. The van der Waals surface area contributed by atoms with Gasteiger partial charge in [-0.25, -0.2) is 18.0 Å². The van der Waals surface area contributed by atoms with Crippen LogP contribution in [0.3, 0.4) is 0 Å². The van der Waals surface area contributed by atoms with E-state index in [1.165, 1.54) is 62.0 Å². The molecule has 2 aromatic carbocycles. The molecule has 182 valence electrons. The Balaban J connectivity index is 2.00. The van der Waals surface area contributed by atoms with Gasteiger partial charge in [-0.2, -0.15) is 4.31 Å². The van der Waals surface area contributed by atoms with Gasteiger partial charge >= 0.3 is 11.9 Å². The number of methoxy groups -OCH3 is 3. The Morgan fingerprint density at radius 2 is 1.59 bits per heavy atom. The molecule has 0 radical (unpaired) electrons. The van der Waals surface area contributed by atoms with Gasteiger partial charge in [0.2, 0.25) is 10.0 Å². The number of benzene rings is 2. The van der Waals surface area contributed by atoms with Crippen LogP contribution in [-0.2, 0) is 24.2 Å². The zero-order chi connectivity index (χ0) is 24.9. The zero-order valence-electron chi connectivity index (χ0n) is 18.8. The molecular formula is C22H24N2O9S. The Labute approximate surface area is 196 Å². The normalized spacial score (nSPS) is 14.2. The first kappa shape index (κ1) is 25.1. The molecule has 3 rings (SSSR count). The number of carbonyl (C=O) groups is 3. The molecule has 34 heavy (non-hydrogen) atoms. The van der Waals surface area contributed by atoms with Crippen LogP contribution in [0.2, 0.25) is 0 Å². The third-order valence-electron chi connectivity index (χ3n) is 5.12. The number of ether oxygens (including phenoxy) is 4. The third-order valence-corrected chi connectivity index (χ3v) is 7.01. The first-order valence-corrected chi connectivity index (χ1v) is 11.5. The van der Waals surface area contributed by atoms with Crippen LogP contribution < -0.4 is 10.1 Å². The van der Waals surface area contributed by atoms with Crippen molar-refractivity contribution in [3.05, 3.63) is 53.1 Å². The number of anilines is 1. The summed E-state index contributed by atoms with van der Waals surface area (Å²) in [6, 6.07) is 7.83. The quantitative estimate of drug-likeness (QED) is 0.571. The smallest absolute Gasteiger partial charge is 0.339 e. The minimum absolute atomic E-state index is 0.0143. The summed E-state index contributed by atoms with van der Waals surface area (Å²) < 4.78 is 47.2. The van der Waals surface area contributed by atoms with E-state index in [4.69, 9.17) is 14.2 Å². The monoisotopic (exact) mass is 492 g/mol. The van der Waals surface area contributed by atoms with Gasteiger partial charge < -0.3 is 24.3 Å². The highest BCUT2D eigenvalue weighted by Crippen LogP contribution is 2.27. The van der Waals surface area contributed by atoms with Crippen LogP contribution in [-0.4, -0.2) is 78.2 Å². The lowest BCUT2D eigenvalue weighted by Crippen LogP contribution is -2.40. The van der Waals surface area contributed by atoms with E-state index in [0.717, 1.165) is 0 Å². The van der Waals surface area contributed by atoms with Crippen LogP contribution in [0.5, 0.6) is 5.75 Å². The molecule has 2 aromatic rings. The van der Waals surface area contributed by atoms with Crippen molar-refractivity contribution in [1.29, 1.82) is 0 Å². The van der Waals surface area contributed by atoms with Crippen molar-refractivity contribution in [2.24, 2.45) is 0 Å². The van der Waals surface area contributed by atoms with Crippen LogP contribution in [0.15, 0.2) is 41.3 Å². The van der Waals surface area contributed by atoms with Crippen LogP contribution in [0.4, 0.5) is 5.69 Å². The summed E-state index contributed by atoms with van der Waals surface area (Å²) in [6.45, 7) is 0.933. The molecule has 1 heterocycles. The molecule has 0 saturated carbocycles. The second-order valence-corrected chi connectivity index (χ2v) is 9.01.